The van der Waals surface area contributed by atoms with Crippen LogP contribution < -0.4 is 21.1 Å². The van der Waals surface area contributed by atoms with Gasteiger partial charge >= 0.3 is 0 Å². The van der Waals surface area contributed by atoms with Gasteiger partial charge in [-0.15, -0.1) is 0 Å². The van der Waals surface area contributed by atoms with Crippen LogP contribution in [0.3, 0.4) is 0 Å². The van der Waals surface area contributed by atoms with Crippen LogP contribution in [-0.2, 0) is 24.3 Å². The van der Waals surface area contributed by atoms with Crippen molar-refractivity contribution in [2.75, 3.05) is 32.0 Å². The zero-order valence-electron chi connectivity index (χ0n) is 14.9. The van der Waals surface area contributed by atoms with E-state index in [0.717, 1.165) is 19.3 Å². The van der Waals surface area contributed by atoms with E-state index in [1.165, 1.54) is 0 Å². The average molecular weight is 378 g/mol. The molecule has 2 amide bonds. The van der Waals surface area contributed by atoms with E-state index >= 15 is 0 Å². The molecular formula is C15H30N4O5S. The average Bonchev–Trinajstić information content (AvgIpc) is 2.58. The zero-order valence-corrected chi connectivity index (χ0v) is 15.7. The van der Waals surface area contributed by atoms with Crippen molar-refractivity contribution in [2.45, 2.75) is 45.3 Å². The Morgan fingerprint density at radius 3 is 2.56 bits per heavy atom. The van der Waals surface area contributed by atoms with Gasteiger partial charge in [-0.1, -0.05) is 13.8 Å². The molecule has 25 heavy (non-hydrogen) atoms. The lowest BCUT2D eigenvalue weighted by Gasteiger charge is -2.22. The van der Waals surface area contributed by atoms with Crippen LogP contribution in [0, 0.1) is 5.92 Å². The second-order valence-corrected chi connectivity index (χ2v) is 8.42. The van der Waals surface area contributed by atoms with Gasteiger partial charge in [0, 0.05) is 19.7 Å². The Hall–Kier alpha value is -1.23. The number of carbonyl (C=O) groups excluding carboxylic acids is 2. The molecule has 1 unspecified atom stereocenters. The van der Waals surface area contributed by atoms with E-state index in [0.29, 0.717) is 6.61 Å². The molecule has 1 rings (SSSR count). The van der Waals surface area contributed by atoms with E-state index in [9.17, 15) is 18.0 Å². The molecule has 0 aromatic carbocycles. The second kappa shape index (κ2) is 10.7. The molecule has 0 bridgehead atoms. The van der Waals surface area contributed by atoms with E-state index in [-0.39, 0.29) is 37.4 Å². The summed E-state index contributed by atoms with van der Waals surface area (Å²) in [5, 5.41) is 4.88. The number of ether oxygens (including phenoxy) is 1. The van der Waals surface area contributed by atoms with Crippen LogP contribution in [0.25, 0.3) is 0 Å². The van der Waals surface area contributed by atoms with Gasteiger partial charge in [0.2, 0.25) is 21.8 Å². The van der Waals surface area contributed by atoms with Gasteiger partial charge in [-0.25, -0.2) is 13.1 Å². The predicted octanol–water partition coefficient (Wildman–Crippen LogP) is -1.31. The van der Waals surface area contributed by atoms with Crippen molar-refractivity contribution in [3.05, 3.63) is 0 Å². The summed E-state index contributed by atoms with van der Waals surface area (Å²) in [4.78, 5) is 23.3. The number of nitrogens with one attached hydrogen (secondary N) is 3. The van der Waals surface area contributed by atoms with Crippen molar-refractivity contribution in [3.8, 4) is 0 Å². The first-order valence-corrected chi connectivity index (χ1v) is 10.3. The molecule has 0 aromatic heterocycles. The third-order valence-electron chi connectivity index (χ3n) is 3.94. The molecule has 0 aliphatic carbocycles. The number of hydrogen-bond donors (Lipinski definition) is 4. The fourth-order valence-corrected chi connectivity index (χ4v) is 3.19. The van der Waals surface area contributed by atoms with Crippen molar-refractivity contribution >= 4 is 21.8 Å². The molecule has 5 N–H and O–H groups in total. The summed E-state index contributed by atoms with van der Waals surface area (Å²) in [5.41, 5.74) is 5.66. The number of amides is 2. The maximum absolute atomic E-state index is 11.9. The van der Waals surface area contributed by atoms with Crippen LogP contribution in [0.1, 0.15) is 33.1 Å². The molecule has 146 valence electrons. The van der Waals surface area contributed by atoms with E-state index in [2.05, 4.69) is 15.4 Å². The fourth-order valence-electron chi connectivity index (χ4n) is 2.24. The summed E-state index contributed by atoms with van der Waals surface area (Å²) < 4.78 is 31.7. The Balaban J connectivity index is 2.19. The maximum atomic E-state index is 11.9. The van der Waals surface area contributed by atoms with Crippen molar-refractivity contribution in [2.24, 2.45) is 11.7 Å². The molecular weight excluding hydrogens is 348 g/mol. The summed E-state index contributed by atoms with van der Waals surface area (Å²) in [6, 6.07) is -0.681. The molecule has 0 aromatic rings. The Labute approximate surface area is 149 Å². The first-order chi connectivity index (χ1) is 11.7. The summed E-state index contributed by atoms with van der Waals surface area (Å²) in [7, 11) is -3.48. The normalized spacial score (nSPS) is 19.4. The third-order valence-corrected chi connectivity index (χ3v) is 5.29. The standard InChI is InChI=1S/C15H30N4O5S/c1-11(2)14(16)15(21)18-10-13(20)17-6-8-25(22,23)19-9-12-5-3-4-7-24-12/h11-12,14,19H,3-10,16H2,1-2H3,(H,17,20)(H,18,21)/t12?,14-/m0/s1. The molecule has 0 spiro atoms. The number of nitrogens with two attached hydrogens (primary N) is 1. The van der Waals surface area contributed by atoms with E-state index in [1.54, 1.807) is 13.8 Å². The Morgan fingerprint density at radius 1 is 1.24 bits per heavy atom. The Kier molecular flexibility index (Phi) is 9.33. The molecule has 1 saturated heterocycles. The predicted molar refractivity (Wildman–Crippen MR) is 94.2 cm³/mol. The van der Waals surface area contributed by atoms with Gasteiger partial charge in [0.15, 0.2) is 0 Å². The van der Waals surface area contributed by atoms with Crippen LogP contribution in [0.5, 0.6) is 0 Å². The van der Waals surface area contributed by atoms with Gasteiger partial charge in [-0.05, 0) is 25.2 Å². The molecule has 0 saturated carbocycles. The zero-order chi connectivity index (χ0) is 18.9. The Bertz CT molecular complexity index is 532. The lowest BCUT2D eigenvalue weighted by atomic mass is 10.1. The summed E-state index contributed by atoms with van der Waals surface area (Å²) >= 11 is 0. The van der Waals surface area contributed by atoms with Crippen molar-refractivity contribution < 1.29 is 22.7 Å². The van der Waals surface area contributed by atoms with Crippen LogP contribution in [0.2, 0.25) is 0 Å². The van der Waals surface area contributed by atoms with Gasteiger partial charge in [-0.3, -0.25) is 9.59 Å². The smallest absolute Gasteiger partial charge is 0.239 e. The number of carbonyl (C=O) groups is 2. The summed E-state index contributed by atoms with van der Waals surface area (Å²) in [6.45, 7) is 4.25. The lowest BCUT2D eigenvalue weighted by molar-refractivity contribution is -0.127. The first-order valence-electron chi connectivity index (χ1n) is 8.60. The number of hydrogen-bond acceptors (Lipinski definition) is 6. The van der Waals surface area contributed by atoms with Crippen LogP contribution in [0.15, 0.2) is 0 Å². The van der Waals surface area contributed by atoms with Crippen LogP contribution in [0.4, 0.5) is 0 Å². The van der Waals surface area contributed by atoms with Crippen molar-refractivity contribution in [1.29, 1.82) is 0 Å². The topological polar surface area (TPSA) is 140 Å². The minimum Gasteiger partial charge on any atom is -0.377 e. The fraction of sp³-hybridized carbons (Fsp3) is 0.867. The first kappa shape index (κ1) is 21.8. The molecule has 1 fully saturated rings. The van der Waals surface area contributed by atoms with E-state index in [1.807, 2.05) is 0 Å². The van der Waals surface area contributed by atoms with Gasteiger partial charge in [0.05, 0.1) is 24.4 Å². The summed E-state index contributed by atoms with van der Waals surface area (Å²) in [6.07, 6.45) is 2.80. The van der Waals surface area contributed by atoms with Crippen LogP contribution >= 0.6 is 0 Å². The highest BCUT2D eigenvalue weighted by molar-refractivity contribution is 7.89. The SMILES string of the molecule is CC(C)[C@H](N)C(=O)NCC(=O)NCCS(=O)(=O)NCC1CCCCO1. The molecule has 1 heterocycles. The van der Waals surface area contributed by atoms with Gasteiger partial charge in [0.25, 0.3) is 0 Å². The lowest BCUT2D eigenvalue weighted by Crippen LogP contribution is -2.47. The van der Waals surface area contributed by atoms with Crippen LogP contribution in [-0.4, -0.2) is 64.4 Å². The minimum absolute atomic E-state index is 0.0348. The van der Waals surface area contributed by atoms with Gasteiger partial charge in [-0.2, -0.15) is 0 Å². The highest BCUT2D eigenvalue weighted by atomic mass is 32.2. The molecule has 0 radical (unpaired) electrons. The molecule has 9 nitrogen and oxygen atoms in total. The highest BCUT2D eigenvalue weighted by Gasteiger charge is 2.19. The molecule has 1 aliphatic heterocycles. The molecule has 1 aliphatic rings. The van der Waals surface area contributed by atoms with Gasteiger partial charge in [0.1, 0.15) is 0 Å². The second-order valence-electron chi connectivity index (χ2n) is 6.49. The van der Waals surface area contributed by atoms with E-state index < -0.39 is 27.9 Å². The van der Waals surface area contributed by atoms with E-state index in [4.69, 9.17) is 10.5 Å². The monoisotopic (exact) mass is 378 g/mol. The summed E-state index contributed by atoms with van der Waals surface area (Å²) in [5.74, 6) is -1.14. The quantitative estimate of drug-likeness (QED) is 0.372. The molecule has 2 atom stereocenters. The van der Waals surface area contributed by atoms with Crippen molar-refractivity contribution in [1.82, 2.24) is 15.4 Å². The third kappa shape index (κ3) is 9.15. The maximum Gasteiger partial charge on any atom is 0.239 e. The molecule has 10 heteroatoms. The number of rotatable bonds is 10. The minimum atomic E-state index is -3.48. The van der Waals surface area contributed by atoms with Gasteiger partial charge < -0.3 is 21.1 Å². The highest BCUT2D eigenvalue weighted by Crippen LogP contribution is 2.11. The largest absolute Gasteiger partial charge is 0.377 e. The Morgan fingerprint density at radius 2 is 1.96 bits per heavy atom. The van der Waals surface area contributed by atoms with Crippen molar-refractivity contribution in [3.63, 3.8) is 0 Å². The number of sulfonamides is 1.